The highest BCUT2D eigenvalue weighted by Gasteiger charge is 2.35. The number of nitrogens with two attached hydrogens (primary N) is 1. The molecule has 96 valence electrons. The van der Waals surface area contributed by atoms with Crippen molar-refractivity contribution in [2.24, 2.45) is 5.84 Å². The van der Waals surface area contributed by atoms with Gasteiger partial charge in [0.2, 0.25) is 0 Å². The fourth-order valence-corrected chi connectivity index (χ4v) is 1.77. The lowest BCUT2D eigenvalue weighted by atomic mass is 10.1. The standard InChI is InChI=1S/C12H12F3N3/c1-2-7-3-4-9-8(5-7)6-10(18-16)11(17-9)12(13,14)15/h3-6,18H,2,16H2,1H3. The molecule has 0 aliphatic carbocycles. The van der Waals surface area contributed by atoms with Crippen LogP contribution in [0.3, 0.4) is 0 Å². The summed E-state index contributed by atoms with van der Waals surface area (Å²) < 4.78 is 38.3. The Balaban J connectivity index is 2.68. The van der Waals surface area contributed by atoms with E-state index in [-0.39, 0.29) is 5.69 Å². The topological polar surface area (TPSA) is 50.9 Å². The summed E-state index contributed by atoms with van der Waals surface area (Å²) in [6.07, 6.45) is -3.72. The zero-order chi connectivity index (χ0) is 13.3. The number of hydrogen-bond donors (Lipinski definition) is 2. The number of benzene rings is 1. The summed E-state index contributed by atoms with van der Waals surface area (Å²) in [6, 6.07) is 6.53. The molecule has 3 nitrogen and oxygen atoms in total. The van der Waals surface area contributed by atoms with Gasteiger partial charge in [0.1, 0.15) is 0 Å². The minimum atomic E-state index is -4.53. The second-order valence-corrected chi connectivity index (χ2v) is 3.91. The predicted octanol–water partition coefficient (Wildman–Crippen LogP) is 3.10. The monoisotopic (exact) mass is 255 g/mol. The molecule has 0 unspecified atom stereocenters. The average molecular weight is 255 g/mol. The van der Waals surface area contributed by atoms with E-state index in [9.17, 15) is 13.2 Å². The van der Waals surface area contributed by atoms with E-state index >= 15 is 0 Å². The predicted molar refractivity (Wildman–Crippen MR) is 63.9 cm³/mol. The molecule has 0 spiro atoms. The van der Waals surface area contributed by atoms with Crippen molar-refractivity contribution in [1.82, 2.24) is 4.98 Å². The maximum Gasteiger partial charge on any atom is 0.435 e. The quantitative estimate of drug-likeness (QED) is 0.640. The van der Waals surface area contributed by atoms with E-state index in [0.29, 0.717) is 10.9 Å². The Hall–Kier alpha value is -1.82. The minimum absolute atomic E-state index is 0.219. The fraction of sp³-hybridized carbons (Fsp3) is 0.250. The average Bonchev–Trinajstić information content (AvgIpc) is 2.35. The normalized spacial score (nSPS) is 11.8. The highest BCUT2D eigenvalue weighted by atomic mass is 19.4. The van der Waals surface area contributed by atoms with E-state index in [1.165, 1.54) is 6.07 Å². The van der Waals surface area contributed by atoms with Crippen molar-refractivity contribution in [1.29, 1.82) is 0 Å². The van der Waals surface area contributed by atoms with Crippen molar-refractivity contribution >= 4 is 16.6 Å². The van der Waals surface area contributed by atoms with Crippen LogP contribution in [-0.4, -0.2) is 4.98 Å². The molecule has 3 N–H and O–H groups in total. The molecule has 0 saturated heterocycles. The van der Waals surface area contributed by atoms with Gasteiger partial charge in [0.05, 0.1) is 11.2 Å². The molecule has 6 heteroatoms. The number of aromatic nitrogens is 1. The third-order valence-corrected chi connectivity index (χ3v) is 2.71. The molecule has 0 aliphatic heterocycles. The number of fused-ring (bicyclic) bond motifs is 1. The largest absolute Gasteiger partial charge is 0.435 e. The SMILES string of the molecule is CCc1ccc2nc(C(F)(F)F)c(NN)cc2c1. The summed E-state index contributed by atoms with van der Waals surface area (Å²) in [7, 11) is 0. The number of nitrogens with one attached hydrogen (secondary N) is 1. The van der Waals surface area contributed by atoms with Crippen LogP contribution in [-0.2, 0) is 12.6 Å². The molecule has 0 aliphatic rings. The molecule has 2 aromatic rings. The van der Waals surface area contributed by atoms with Crippen LogP contribution in [0.25, 0.3) is 10.9 Å². The molecule has 1 heterocycles. The molecular formula is C12H12F3N3. The number of hydrazine groups is 1. The molecular weight excluding hydrogens is 243 g/mol. The van der Waals surface area contributed by atoms with Gasteiger partial charge < -0.3 is 5.43 Å². The van der Waals surface area contributed by atoms with Gasteiger partial charge in [0.15, 0.2) is 5.69 Å². The summed E-state index contributed by atoms with van der Waals surface area (Å²) in [6.45, 7) is 1.97. The van der Waals surface area contributed by atoms with Gasteiger partial charge in [-0.05, 0) is 30.2 Å². The summed E-state index contributed by atoms with van der Waals surface area (Å²) in [4.78, 5) is 3.63. The van der Waals surface area contributed by atoms with Crippen LogP contribution >= 0.6 is 0 Å². The number of nitrogen functional groups attached to an aromatic ring is 1. The highest BCUT2D eigenvalue weighted by molar-refractivity contribution is 5.83. The Morgan fingerprint density at radius 3 is 2.56 bits per heavy atom. The number of aryl methyl sites for hydroxylation is 1. The molecule has 0 atom stereocenters. The summed E-state index contributed by atoms with van der Waals surface area (Å²) >= 11 is 0. The van der Waals surface area contributed by atoms with E-state index in [1.807, 2.05) is 18.4 Å². The maximum atomic E-state index is 12.8. The van der Waals surface area contributed by atoms with Crippen LogP contribution in [0.4, 0.5) is 18.9 Å². The van der Waals surface area contributed by atoms with Gasteiger partial charge in [-0.15, -0.1) is 0 Å². The first-order valence-electron chi connectivity index (χ1n) is 5.43. The van der Waals surface area contributed by atoms with Gasteiger partial charge in [0.25, 0.3) is 0 Å². The van der Waals surface area contributed by atoms with Gasteiger partial charge >= 0.3 is 6.18 Å². The van der Waals surface area contributed by atoms with Crippen molar-refractivity contribution in [3.05, 3.63) is 35.5 Å². The zero-order valence-electron chi connectivity index (χ0n) is 9.67. The van der Waals surface area contributed by atoms with E-state index < -0.39 is 11.9 Å². The van der Waals surface area contributed by atoms with Crippen molar-refractivity contribution in [3.63, 3.8) is 0 Å². The minimum Gasteiger partial charge on any atom is -0.322 e. The molecule has 18 heavy (non-hydrogen) atoms. The number of halogens is 3. The number of rotatable bonds is 2. The van der Waals surface area contributed by atoms with Crippen LogP contribution < -0.4 is 11.3 Å². The molecule has 1 aromatic carbocycles. The first kappa shape index (κ1) is 12.6. The van der Waals surface area contributed by atoms with Gasteiger partial charge in [-0.3, -0.25) is 5.84 Å². The number of hydrogen-bond acceptors (Lipinski definition) is 3. The van der Waals surface area contributed by atoms with Gasteiger partial charge in [-0.2, -0.15) is 13.2 Å². The van der Waals surface area contributed by atoms with Crippen LogP contribution in [0.2, 0.25) is 0 Å². The van der Waals surface area contributed by atoms with E-state index in [4.69, 9.17) is 5.84 Å². The van der Waals surface area contributed by atoms with Crippen LogP contribution in [0.5, 0.6) is 0 Å². The molecule has 2 rings (SSSR count). The second-order valence-electron chi connectivity index (χ2n) is 3.91. The van der Waals surface area contributed by atoms with E-state index in [2.05, 4.69) is 4.98 Å². The first-order valence-corrected chi connectivity index (χ1v) is 5.43. The second kappa shape index (κ2) is 4.45. The lowest BCUT2D eigenvalue weighted by molar-refractivity contribution is -0.140. The summed E-state index contributed by atoms with van der Waals surface area (Å²) in [5, 5.41) is 0.635. The third kappa shape index (κ3) is 2.24. The summed E-state index contributed by atoms with van der Waals surface area (Å²) in [5.74, 6) is 5.12. The number of nitrogens with zero attached hydrogens (tertiary/aromatic N) is 1. The smallest absolute Gasteiger partial charge is 0.322 e. The molecule has 0 bridgehead atoms. The Kier molecular flexibility index (Phi) is 3.13. The summed E-state index contributed by atoms with van der Waals surface area (Å²) in [5.41, 5.74) is 2.17. The lowest BCUT2D eigenvalue weighted by Crippen LogP contribution is -2.16. The van der Waals surface area contributed by atoms with Crippen molar-refractivity contribution in [2.75, 3.05) is 5.43 Å². The van der Waals surface area contributed by atoms with Crippen LogP contribution in [0, 0.1) is 0 Å². The van der Waals surface area contributed by atoms with Gasteiger partial charge in [0, 0.05) is 5.39 Å². The van der Waals surface area contributed by atoms with E-state index in [1.54, 1.807) is 12.1 Å². The Morgan fingerprint density at radius 2 is 2.00 bits per heavy atom. The Bertz CT molecular complexity index is 579. The van der Waals surface area contributed by atoms with Crippen LogP contribution in [0.15, 0.2) is 24.3 Å². The first-order chi connectivity index (χ1) is 8.45. The van der Waals surface area contributed by atoms with Crippen LogP contribution in [0.1, 0.15) is 18.2 Å². The zero-order valence-corrected chi connectivity index (χ0v) is 9.67. The van der Waals surface area contributed by atoms with E-state index in [0.717, 1.165) is 12.0 Å². The van der Waals surface area contributed by atoms with Gasteiger partial charge in [-0.25, -0.2) is 4.98 Å². The number of pyridine rings is 1. The lowest BCUT2D eigenvalue weighted by Gasteiger charge is -2.12. The third-order valence-electron chi connectivity index (χ3n) is 2.71. The maximum absolute atomic E-state index is 12.8. The fourth-order valence-electron chi connectivity index (χ4n) is 1.77. The molecule has 0 radical (unpaired) electrons. The molecule has 0 fully saturated rings. The number of anilines is 1. The van der Waals surface area contributed by atoms with Crippen molar-refractivity contribution < 1.29 is 13.2 Å². The van der Waals surface area contributed by atoms with Crippen molar-refractivity contribution in [2.45, 2.75) is 19.5 Å². The molecule has 0 amide bonds. The van der Waals surface area contributed by atoms with Gasteiger partial charge in [-0.1, -0.05) is 13.0 Å². The molecule has 1 aromatic heterocycles. The molecule has 0 saturated carbocycles. The number of alkyl halides is 3. The highest BCUT2D eigenvalue weighted by Crippen LogP contribution is 2.34. The Morgan fingerprint density at radius 1 is 1.28 bits per heavy atom. The van der Waals surface area contributed by atoms with Crippen molar-refractivity contribution in [3.8, 4) is 0 Å². The Labute approximate surface area is 102 Å².